The van der Waals surface area contributed by atoms with Crippen LogP contribution in [0.2, 0.25) is 0 Å². The van der Waals surface area contributed by atoms with Crippen LogP contribution in [0.5, 0.6) is 0 Å². The lowest BCUT2D eigenvalue weighted by atomic mass is 10.0. The minimum Gasteiger partial charge on any atom is -0.295 e. The van der Waals surface area contributed by atoms with E-state index in [4.69, 9.17) is 0 Å². The third kappa shape index (κ3) is 4.79. The van der Waals surface area contributed by atoms with E-state index < -0.39 is 0 Å². The number of rotatable bonds is 5. The molecule has 0 heterocycles. The average molecular weight is 347 g/mol. The number of halogens is 2. The van der Waals surface area contributed by atoms with E-state index in [-0.39, 0.29) is 4.32 Å². The average Bonchev–Trinajstić information content (AvgIpc) is 2.30. The molecular weight excluding hydrogens is 330 g/mol. The third-order valence-corrected chi connectivity index (χ3v) is 4.88. The summed E-state index contributed by atoms with van der Waals surface area (Å²) in [6.07, 6.45) is 2.03. The molecule has 0 aliphatic rings. The Morgan fingerprint density at radius 1 is 1.38 bits per heavy atom. The number of alkyl halides is 2. The van der Waals surface area contributed by atoms with Crippen molar-refractivity contribution in [2.75, 3.05) is 11.9 Å². The van der Waals surface area contributed by atoms with Gasteiger partial charge in [-0.3, -0.25) is 4.99 Å². The fraction of sp³-hybridized carbons (Fsp3) is 0.462. The Labute approximate surface area is 115 Å². The van der Waals surface area contributed by atoms with Gasteiger partial charge in [0.15, 0.2) is 0 Å². The number of hydrogen-bond donors (Lipinski definition) is 0. The zero-order valence-electron chi connectivity index (χ0n) is 9.66. The summed E-state index contributed by atoms with van der Waals surface area (Å²) in [6, 6.07) is 10.4. The highest BCUT2D eigenvalue weighted by molar-refractivity contribution is 9.12. The van der Waals surface area contributed by atoms with Crippen LogP contribution in [0.15, 0.2) is 35.3 Å². The lowest BCUT2D eigenvalue weighted by Gasteiger charge is -2.16. The number of hydrogen-bond acceptors (Lipinski definition) is 1. The standard InChI is InChI=1S/C13H17Br2N/c1-11(12-6-4-3-5-7-12)8-16-10-13(2,15)9-14/h3-8,11H,9-10H2,1-2H3/t11-,13?/m0/s1. The molecule has 16 heavy (non-hydrogen) atoms. The van der Waals surface area contributed by atoms with Crippen molar-refractivity contribution >= 4 is 38.1 Å². The van der Waals surface area contributed by atoms with Gasteiger partial charge in [-0.05, 0) is 12.5 Å². The van der Waals surface area contributed by atoms with Crippen LogP contribution >= 0.6 is 31.9 Å². The van der Waals surface area contributed by atoms with Crippen molar-refractivity contribution in [1.82, 2.24) is 0 Å². The van der Waals surface area contributed by atoms with Crippen LogP contribution < -0.4 is 0 Å². The second-order valence-electron chi connectivity index (χ2n) is 4.24. The van der Waals surface area contributed by atoms with Crippen molar-refractivity contribution < 1.29 is 0 Å². The Bertz CT molecular complexity index is 333. The summed E-state index contributed by atoms with van der Waals surface area (Å²) in [7, 11) is 0. The summed E-state index contributed by atoms with van der Waals surface area (Å²) in [4.78, 5) is 4.49. The zero-order chi connectivity index (χ0) is 12.0. The van der Waals surface area contributed by atoms with Crippen molar-refractivity contribution in [2.24, 2.45) is 4.99 Å². The van der Waals surface area contributed by atoms with Crippen LogP contribution in [0.25, 0.3) is 0 Å². The van der Waals surface area contributed by atoms with Gasteiger partial charge in [0, 0.05) is 17.5 Å². The summed E-state index contributed by atoms with van der Waals surface area (Å²) >= 11 is 7.09. The SMILES string of the molecule is C[C@@H](C=NCC(C)(Br)CBr)c1ccccc1. The number of nitrogens with zero attached hydrogens (tertiary/aromatic N) is 1. The largest absolute Gasteiger partial charge is 0.295 e. The number of aliphatic imine (C=N–C) groups is 1. The molecule has 0 radical (unpaired) electrons. The van der Waals surface area contributed by atoms with E-state index in [0.29, 0.717) is 5.92 Å². The van der Waals surface area contributed by atoms with Gasteiger partial charge in [0.25, 0.3) is 0 Å². The van der Waals surface area contributed by atoms with Crippen LogP contribution in [-0.4, -0.2) is 22.4 Å². The van der Waals surface area contributed by atoms with Gasteiger partial charge in [0.05, 0.1) is 10.9 Å². The molecule has 1 aromatic carbocycles. The number of benzene rings is 1. The molecule has 0 aliphatic heterocycles. The molecule has 0 fully saturated rings. The fourth-order valence-electron chi connectivity index (χ4n) is 1.29. The van der Waals surface area contributed by atoms with Gasteiger partial charge in [0.1, 0.15) is 0 Å². The first-order chi connectivity index (χ1) is 7.55. The van der Waals surface area contributed by atoms with Crippen LogP contribution in [0, 0.1) is 0 Å². The zero-order valence-corrected chi connectivity index (χ0v) is 12.8. The Kier molecular flexibility index (Phi) is 5.70. The predicted molar refractivity (Wildman–Crippen MR) is 79.3 cm³/mol. The maximum atomic E-state index is 4.49. The Balaban J connectivity index is 2.52. The summed E-state index contributed by atoms with van der Waals surface area (Å²) in [6.45, 7) is 5.08. The van der Waals surface area contributed by atoms with E-state index in [1.165, 1.54) is 5.56 Å². The molecule has 1 aromatic rings. The molecule has 0 aliphatic carbocycles. The Hall–Kier alpha value is -0.150. The normalized spacial score (nSPS) is 17.2. The fourth-order valence-corrected chi connectivity index (χ4v) is 1.61. The van der Waals surface area contributed by atoms with Crippen molar-refractivity contribution in [3.63, 3.8) is 0 Å². The van der Waals surface area contributed by atoms with Crippen LogP contribution in [0.1, 0.15) is 25.3 Å². The molecule has 3 heteroatoms. The molecule has 1 unspecified atom stereocenters. The second-order valence-corrected chi connectivity index (χ2v) is 6.71. The van der Waals surface area contributed by atoms with Gasteiger partial charge in [-0.2, -0.15) is 0 Å². The van der Waals surface area contributed by atoms with Gasteiger partial charge in [-0.25, -0.2) is 0 Å². The summed E-state index contributed by atoms with van der Waals surface area (Å²) in [5.41, 5.74) is 1.31. The van der Waals surface area contributed by atoms with E-state index in [1.54, 1.807) is 0 Å². The lowest BCUT2D eigenvalue weighted by Crippen LogP contribution is -2.21. The van der Waals surface area contributed by atoms with Gasteiger partial charge in [-0.1, -0.05) is 69.1 Å². The minimum atomic E-state index is 0.0555. The first kappa shape index (κ1) is 13.9. The molecule has 0 spiro atoms. The molecule has 1 nitrogen and oxygen atoms in total. The predicted octanol–water partition coefficient (Wildman–Crippen LogP) is 4.41. The third-order valence-electron chi connectivity index (χ3n) is 2.35. The van der Waals surface area contributed by atoms with Crippen LogP contribution in [0.4, 0.5) is 0 Å². The topological polar surface area (TPSA) is 12.4 Å². The summed E-state index contributed by atoms with van der Waals surface area (Å²) < 4.78 is 0.0555. The molecule has 0 saturated heterocycles. The second kappa shape index (κ2) is 6.55. The van der Waals surface area contributed by atoms with E-state index in [0.717, 1.165) is 11.9 Å². The van der Waals surface area contributed by atoms with Gasteiger partial charge < -0.3 is 0 Å². The van der Waals surface area contributed by atoms with E-state index in [9.17, 15) is 0 Å². The highest BCUT2D eigenvalue weighted by Gasteiger charge is 2.17. The molecule has 2 atom stereocenters. The minimum absolute atomic E-state index is 0.0555. The Morgan fingerprint density at radius 3 is 2.56 bits per heavy atom. The van der Waals surface area contributed by atoms with Gasteiger partial charge in [-0.15, -0.1) is 0 Å². The summed E-state index contributed by atoms with van der Waals surface area (Å²) in [5.74, 6) is 0.375. The van der Waals surface area contributed by atoms with Crippen LogP contribution in [-0.2, 0) is 0 Å². The first-order valence-corrected chi connectivity index (χ1v) is 7.26. The Morgan fingerprint density at radius 2 is 2.00 bits per heavy atom. The molecule has 0 amide bonds. The van der Waals surface area contributed by atoms with Crippen LogP contribution in [0.3, 0.4) is 0 Å². The van der Waals surface area contributed by atoms with E-state index in [1.807, 2.05) is 12.3 Å². The molecule has 88 valence electrons. The summed E-state index contributed by atoms with van der Waals surface area (Å²) in [5, 5.41) is 0.900. The molecule has 0 aromatic heterocycles. The smallest absolute Gasteiger partial charge is 0.0544 e. The molecule has 0 bridgehead atoms. The van der Waals surface area contributed by atoms with Crippen molar-refractivity contribution in [3.8, 4) is 0 Å². The molecular formula is C13H17Br2N. The van der Waals surface area contributed by atoms with Gasteiger partial charge in [0.2, 0.25) is 0 Å². The van der Waals surface area contributed by atoms with Crippen molar-refractivity contribution in [3.05, 3.63) is 35.9 Å². The van der Waals surface area contributed by atoms with E-state index >= 15 is 0 Å². The maximum absolute atomic E-state index is 4.49. The first-order valence-electron chi connectivity index (χ1n) is 5.35. The highest BCUT2D eigenvalue weighted by Crippen LogP contribution is 2.20. The molecule has 0 saturated carbocycles. The van der Waals surface area contributed by atoms with Gasteiger partial charge >= 0.3 is 0 Å². The van der Waals surface area contributed by atoms with Crippen molar-refractivity contribution in [1.29, 1.82) is 0 Å². The van der Waals surface area contributed by atoms with Crippen molar-refractivity contribution in [2.45, 2.75) is 24.1 Å². The lowest BCUT2D eigenvalue weighted by molar-refractivity contribution is 0.756. The van der Waals surface area contributed by atoms with E-state index in [2.05, 4.69) is 75.0 Å². The highest BCUT2D eigenvalue weighted by atomic mass is 79.9. The monoisotopic (exact) mass is 345 g/mol. The molecule has 1 rings (SSSR count). The maximum Gasteiger partial charge on any atom is 0.0544 e. The molecule has 0 N–H and O–H groups in total. The quantitative estimate of drug-likeness (QED) is 0.553.